The van der Waals surface area contributed by atoms with Gasteiger partial charge in [-0.25, -0.2) is 0 Å². The summed E-state index contributed by atoms with van der Waals surface area (Å²) in [6.45, 7) is -0.881. The molecule has 0 spiro atoms. The molecule has 4 aromatic carbocycles. The quantitative estimate of drug-likeness (QED) is 0.0106. The summed E-state index contributed by atoms with van der Waals surface area (Å²) in [6.07, 6.45) is 3.79. The number of aryl methyl sites for hydroxylation is 1. The lowest BCUT2D eigenvalue weighted by molar-refractivity contribution is -0.892. The molecule has 1 atom stereocenters. The Morgan fingerprint density at radius 3 is 1.79 bits per heavy atom. The van der Waals surface area contributed by atoms with Crippen molar-refractivity contribution >= 4 is 74.5 Å². The Hall–Kier alpha value is -7.19. The van der Waals surface area contributed by atoms with E-state index in [1.165, 1.54) is 9.80 Å². The van der Waals surface area contributed by atoms with E-state index in [0.29, 0.717) is 35.5 Å². The first-order valence-corrected chi connectivity index (χ1v) is 23.2. The lowest BCUT2D eigenvalue weighted by Gasteiger charge is -2.34. The van der Waals surface area contributed by atoms with E-state index in [0.717, 1.165) is 81.2 Å². The molecular weight excluding hydrogens is 901 g/mol. The fraction of sp³-hybridized carbons (Fsp3) is 0.392. The summed E-state index contributed by atoms with van der Waals surface area (Å²) in [7, 11) is 4.45. The summed E-state index contributed by atoms with van der Waals surface area (Å²) in [5.74, 6) is -6.57. The first kappa shape index (κ1) is 53.8. The molecule has 0 bridgehead atoms. The molecule has 5 aromatic rings. The maximum atomic E-state index is 13.0. The van der Waals surface area contributed by atoms with Crippen molar-refractivity contribution in [3.05, 3.63) is 96.6 Å². The van der Waals surface area contributed by atoms with Crippen molar-refractivity contribution in [2.75, 3.05) is 96.3 Å². The molecule has 0 radical (unpaired) electrons. The lowest BCUT2D eigenvalue weighted by Crippen LogP contribution is -2.51. The van der Waals surface area contributed by atoms with Gasteiger partial charge in [-0.05, 0) is 79.8 Å². The predicted molar refractivity (Wildman–Crippen MR) is 266 cm³/mol. The molecule has 374 valence electrons. The third-order valence-electron chi connectivity index (χ3n) is 12.2. The van der Waals surface area contributed by atoms with Crippen molar-refractivity contribution in [2.24, 2.45) is 0 Å². The van der Waals surface area contributed by atoms with Crippen molar-refractivity contribution < 1.29 is 63.3 Å². The van der Waals surface area contributed by atoms with Gasteiger partial charge in [0.15, 0.2) is 6.54 Å². The zero-order valence-electron chi connectivity index (χ0n) is 39.8. The number of hydrogen-bond donors (Lipinski definition) is 8. The number of aromatic nitrogens is 1. The van der Waals surface area contributed by atoms with Gasteiger partial charge in [0.05, 0.1) is 77.1 Å². The van der Waals surface area contributed by atoms with Crippen molar-refractivity contribution in [1.29, 1.82) is 0 Å². The molecule has 19 heteroatoms. The van der Waals surface area contributed by atoms with Crippen LogP contribution in [0.2, 0.25) is 0 Å². The van der Waals surface area contributed by atoms with Gasteiger partial charge in [-0.1, -0.05) is 36.4 Å². The van der Waals surface area contributed by atoms with Crippen LogP contribution in [-0.4, -0.2) is 166 Å². The molecule has 1 aromatic heterocycles. The number of quaternary nitrogens is 1. The number of carbonyl (C=O) groups excluding carboxylic acids is 1. The van der Waals surface area contributed by atoms with Crippen LogP contribution in [0.4, 0.5) is 17.1 Å². The average Bonchev–Trinajstić information content (AvgIpc) is 3.27. The number of nitrogens with zero attached hydrogens (tertiary/aromatic N) is 5. The van der Waals surface area contributed by atoms with Crippen molar-refractivity contribution in [3.63, 3.8) is 0 Å². The SMILES string of the molecule is C[N+](C)(CCCCCC(=O)Nc1ccc(CC(CN(CCN(CC(=O)O)CC(=O)O)CC(=O)O)N(CC(=O)O)CC(=O)O)cc1)CCC[n+]1c(-c2ccccc2)c2cc(N)ccc2c2ccc(N)cc21. The van der Waals surface area contributed by atoms with E-state index in [1.807, 2.05) is 36.4 Å². The highest BCUT2D eigenvalue weighted by Crippen LogP contribution is 2.33. The van der Waals surface area contributed by atoms with Crippen LogP contribution in [0.5, 0.6) is 0 Å². The number of hydrogen-bond acceptors (Lipinski definition) is 11. The first-order valence-electron chi connectivity index (χ1n) is 23.2. The third-order valence-corrected chi connectivity index (χ3v) is 12.2. The first-order chi connectivity index (χ1) is 33.3. The molecule has 1 unspecified atom stereocenters. The molecule has 0 saturated heterocycles. The standard InChI is InChI=1S/C51H64N8O11/c1-59(2,25-9-21-58-44-28-38(53)16-20-42(44)41-19-15-37(52)27-43(41)51(58)36-10-5-3-6-11-36)24-8-4-7-12-45(60)54-39-17-13-35(14-18-39)26-40(57(33-49(67)68)34-50(69)70)29-55(30-46(61)62)22-23-56(31-47(63)64)32-48(65)66/h3,5-6,10-11,13-20,27-28,40,53H,4,7-9,12,21-26,29-34,52H2,1-2H3,(H5-,54,60,61,62,63,64,65,66,67,68,69,70)/p+2. The number of nitrogens with two attached hydrogens (primary N) is 2. The number of aliphatic carboxylic acids is 5. The number of nitrogen functional groups attached to an aromatic ring is 2. The number of carbonyl (C=O) groups is 6. The molecule has 0 aliphatic heterocycles. The largest absolute Gasteiger partial charge is 0.480 e. The van der Waals surface area contributed by atoms with E-state index >= 15 is 0 Å². The lowest BCUT2D eigenvalue weighted by atomic mass is 9.98. The fourth-order valence-electron chi connectivity index (χ4n) is 8.96. The molecule has 1 amide bonds. The van der Waals surface area contributed by atoms with E-state index in [-0.39, 0.29) is 32.0 Å². The Kier molecular flexibility index (Phi) is 19.5. The summed E-state index contributed by atoms with van der Waals surface area (Å²) in [5.41, 5.74) is 18.5. The number of anilines is 3. The zero-order chi connectivity index (χ0) is 51.0. The second kappa shape index (κ2) is 25.4. The number of rotatable bonds is 30. The number of benzene rings is 4. The minimum Gasteiger partial charge on any atom is -0.480 e. The smallest absolute Gasteiger partial charge is 0.317 e. The molecule has 0 aliphatic carbocycles. The van der Waals surface area contributed by atoms with Crippen LogP contribution in [-0.2, 0) is 41.7 Å². The maximum Gasteiger partial charge on any atom is 0.317 e. The number of carboxylic acid groups (broad SMARTS) is 5. The van der Waals surface area contributed by atoms with Gasteiger partial charge in [0.25, 0.3) is 0 Å². The van der Waals surface area contributed by atoms with Crippen LogP contribution < -0.4 is 21.4 Å². The van der Waals surface area contributed by atoms with Crippen LogP contribution in [0.1, 0.15) is 37.7 Å². The van der Waals surface area contributed by atoms with Gasteiger partial charge in [-0.3, -0.25) is 43.5 Å². The molecule has 1 heterocycles. The number of fused-ring (bicyclic) bond motifs is 3. The number of pyridine rings is 1. The molecule has 10 N–H and O–H groups in total. The number of amides is 1. The molecule has 19 nitrogen and oxygen atoms in total. The van der Waals surface area contributed by atoms with Crippen molar-refractivity contribution in [2.45, 2.75) is 51.1 Å². The molecule has 5 rings (SSSR count). The highest BCUT2D eigenvalue weighted by molar-refractivity contribution is 6.10. The summed E-state index contributed by atoms with van der Waals surface area (Å²) >= 11 is 0. The number of unbranched alkanes of at least 4 members (excludes halogenated alkanes) is 2. The van der Waals surface area contributed by atoms with E-state index in [2.05, 4.69) is 54.3 Å². The van der Waals surface area contributed by atoms with Crippen LogP contribution in [0, 0.1) is 0 Å². The van der Waals surface area contributed by atoms with Crippen molar-refractivity contribution in [3.8, 4) is 11.3 Å². The van der Waals surface area contributed by atoms with Gasteiger partial charge in [0.1, 0.15) is 0 Å². The molecule has 0 aliphatic rings. The number of carboxylic acids is 5. The Bertz CT molecular complexity index is 2600. The Morgan fingerprint density at radius 1 is 0.614 bits per heavy atom. The van der Waals surface area contributed by atoms with Crippen LogP contribution >= 0.6 is 0 Å². The van der Waals surface area contributed by atoms with Crippen LogP contribution in [0.3, 0.4) is 0 Å². The van der Waals surface area contributed by atoms with Gasteiger partial charge in [0, 0.05) is 66.2 Å². The third kappa shape index (κ3) is 16.8. The minimum absolute atomic E-state index is 0.0896. The van der Waals surface area contributed by atoms with E-state index < -0.39 is 68.6 Å². The highest BCUT2D eigenvalue weighted by atomic mass is 16.4. The topological polar surface area (TPSA) is 281 Å². The number of nitrogens with one attached hydrogen (secondary N) is 1. The van der Waals surface area contributed by atoms with Gasteiger partial charge in [-0.2, -0.15) is 4.57 Å². The average molecular weight is 967 g/mol. The zero-order valence-corrected chi connectivity index (χ0v) is 39.8. The second-order valence-corrected chi connectivity index (χ2v) is 18.4. The summed E-state index contributed by atoms with van der Waals surface area (Å²) in [4.78, 5) is 74.9. The molecule has 70 heavy (non-hydrogen) atoms. The molecular formula is C51H66N8O11+2. The highest BCUT2D eigenvalue weighted by Gasteiger charge is 2.29. The Balaban J connectivity index is 1.15. The maximum absolute atomic E-state index is 13.0. The van der Waals surface area contributed by atoms with E-state index in [1.54, 1.807) is 24.3 Å². The molecule has 0 fully saturated rings. The van der Waals surface area contributed by atoms with Gasteiger partial charge < -0.3 is 46.8 Å². The second-order valence-electron chi connectivity index (χ2n) is 18.4. The minimum atomic E-state index is -1.30. The summed E-state index contributed by atoms with van der Waals surface area (Å²) in [5, 5.41) is 53.7. The van der Waals surface area contributed by atoms with E-state index in [9.17, 15) is 54.3 Å². The van der Waals surface area contributed by atoms with Gasteiger partial charge in [-0.15, -0.1) is 0 Å². The van der Waals surface area contributed by atoms with E-state index in [4.69, 9.17) is 11.5 Å². The van der Waals surface area contributed by atoms with Crippen LogP contribution in [0.25, 0.3) is 32.9 Å². The summed E-state index contributed by atoms with van der Waals surface area (Å²) < 4.78 is 3.18. The predicted octanol–water partition coefficient (Wildman–Crippen LogP) is 4.02. The monoisotopic (exact) mass is 966 g/mol. The van der Waals surface area contributed by atoms with Crippen molar-refractivity contribution in [1.82, 2.24) is 14.7 Å². The summed E-state index contributed by atoms with van der Waals surface area (Å²) in [6, 6.07) is 28.4. The van der Waals surface area contributed by atoms with Gasteiger partial charge >= 0.3 is 29.8 Å². The Morgan fingerprint density at radius 2 is 1.17 bits per heavy atom. The fourth-order valence-corrected chi connectivity index (χ4v) is 8.96. The van der Waals surface area contributed by atoms with Gasteiger partial charge in [0.2, 0.25) is 17.1 Å². The molecule has 0 saturated carbocycles. The Labute approximate surface area is 406 Å². The van der Waals surface area contributed by atoms with Crippen LogP contribution in [0.15, 0.2) is 91.0 Å². The normalized spacial score (nSPS) is 12.2.